The van der Waals surface area contributed by atoms with Crippen LogP contribution in [0.4, 0.5) is 0 Å². The van der Waals surface area contributed by atoms with Crippen LogP contribution in [0.15, 0.2) is 56.6 Å². The molecule has 0 amide bonds. The Bertz CT molecular complexity index is 455. The van der Waals surface area contributed by atoms with Crippen molar-refractivity contribution in [3.8, 4) is 0 Å². The van der Waals surface area contributed by atoms with E-state index in [4.69, 9.17) is 4.42 Å². The van der Waals surface area contributed by atoms with E-state index in [0.29, 0.717) is 6.04 Å². The van der Waals surface area contributed by atoms with Crippen LogP contribution in [0.25, 0.3) is 0 Å². The van der Waals surface area contributed by atoms with E-state index in [1.165, 1.54) is 10.5 Å². The smallest absolute Gasteiger partial charge is 0.0950 e. The van der Waals surface area contributed by atoms with Gasteiger partial charge in [-0.25, -0.2) is 0 Å². The number of benzene rings is 1. The summed E-state index contributed by atoms with van der Waals surface area (Å²) < 4.78 is 6.27. The number of hydrogen-bond acceptors (Lipinski definition) is 3. The lowest BCUT2D eigenvalue weighted by Gasteiger charge is -2.15. The summed E-state index contributed by atoms with van der Waals surface area (Å²) in [6, 6.07) is 10.8. The molecule has 2 nitrogen and oxygen atoms in total. The molecule has 0 aliphatic heterocycles. The van der Waals surface area contributed by atoms with Crippen molar-refractivity contribution in [3.63, 3.8) is 0 Å². The van der Waals surface area contributed by atoms with Crippen LogP contribution in [0, 0.1) is 0 Å². The average molecular weight is 326 g/mol. The second-order valence-electron chi connectivity index (χ2n) is 3.93. The van der Waals surface area contributed by atoms with Gasteiger partial charge in [-0.1, -0.05) is 22.9 Å². The van der Waals surface area contributed by atoms with Crippen LogP contribution in [0.5, 0.6) is 0 Å². The van der Waals surface area contributed by atoms with Gasteiger partial charge in [0.1, 0.15) is 0 Å². The topological polar surface area (TPSA) is 25.2 Å². The zero-order valence-corrected chi connectivity index (χ0v) is 12.6. The van der Waals surface area contributed by atoms with Crippen LogP contribution in [0.2, 0.25) is 0 Å². The zero-order valence-electron chi connectivity index (χ0n) is 10.2. The molecule has 0 aliphatic carbocycles. The number of thioether (sulfide) groups is 1. The van der Waals surface area contributed by atoms with E-state index in [0.717, 1.165) is 16.8 Å². The van der Waals surface area contributed by atoms with Crippen molar-refractivity contribution in [1.29, 1.82) is 0 Å². The monoisotopic (exact) mass is 325 g/mol. The number of furan rings is 1. The molecule has 0 radical (unpaired) electrons. The van der Waals surface area contributed by atoms with Crippen LogP contribution < -0.4 is 5.32 Å². The molecule has 1 unspecified atom stereocenters. The van der Waals surface area contributed by atoms with E-state index >= 15 is 0 Å². The molecule has 96 valence electrons. The summed E-state index contributed by atoms with van der Waals surface area (Å²) in [4.78, 5) is 1.28. The number of halogens is 1. The summed E-state index contributed by atoms with van der Waals surface area (Å²) in [5.74, 6) is 0.995. The van der Waals surface area contributed by atoms with Crippen molar-refractivity contribution in [2.24, 2.45) is 0 Å². The van der Waals surface area contributed by atoms with E-state index in [9.17, 15) is 0 Å². The molecule has 1 heterocycles. The quantitative estimate of drug-likeness (QED) is 0.792. The standard InChI is InChI=1S/C14H16BrNOS/c1-2-16-14(11-7-8-17-9-11)10-18-13-5-3-12(15)4-6-13/h3-9,14,16H,2,10H2,1H3. The van der Waals surface area contributed by atoms with E-state index in [2.05, 4.69) is 52.4 Å². The maximum absolute atomic E-state index is 5.15. The van der Waals surface area contributed by atoms with Gasteiger partial charge in [0.25, 0.3) is 0 Å². The van der Waals surface area contributed by atoms with Crippen molar-refractivity contribution in [2.45, 2.75) is 17.9 Å². The molecule has 1 N–H and O–H groups in total. The van der Waals surface area contributed by atoms with Gasteiger partial charge in [-0.05, 0) is 36.9 Å². The molecule has 4 heteroatoms. The fourth-order valence-corrected chi connectivity index (χ4v) is 2.97. The van der Waals surface area contributed by atoms with Gasteiger partial charge < -0.3 is 9.73 Å². The fourth-order valence-electron chi connectivity index (χ4n) is 1.70. The second kappa shape index (κ2) is 7.02. The van der Waals surface area contributed by atoms with Crippen LogP contribution >= 0.6 is 27.7 Å². The highest BCUT2D eigenvalue weighted by molar-refractivity contribution is 9.10. The molecule has 0 saturated carbocycles. The SMILES string of the molecule is CCNC(CSc1ccc(Br)cc1)c1ccoc1. The third-order valence-corrected chi connectivity index (χ3v) is 4.26. The predicted molar refractivity (Wildman–Crippen MR) is 80.0 cm³/mol. The van der Waals surface area contributed by atoms with E-state index in [1.54, 1.807) is 6.26 Å². The molecular weight excluding hydrogens is 310 g/mol. The van der Waals surface area contributed by atoms with Gasteiger partial charge in [-0.2, -0.15) is 0 Å². The molecule has 0 aliphatic rings. The van der Waals surface area contributed by atoms with Crippen LogP contribution in [0.1, 0.15) is 18.5 Å². The van der Waals surface area contributed by atoms with Crippen molar-refractivity contribution in [3.05, 3.63) is 52.9 Å². The fraction of sp³-hybridized carbons (Fsp3) is 0.286. The lowest BCUT2D eigenvalue weighted by Crippen LogP contribution is -2.22. The normalized spacial score (nSPS) is 12.6. The lowest BCUT2D eigenvalue weighted by atomic mass is 10.2. The molecule has 0 bridgehead atoms. The van der Waals surface area contributed by atoms with Crippen molar-refractivity contribution < 1.29 is 4.42 Å². The molecule has 1 aromatic carbocycles. The first-order valence-corrected chi connectivity index (χ1v) is 7.71. The van der Waals surface area contributed by atoms with Gasteiger partial charge in [0.15, 0.2) is 0 Å². The molecule has 0 saturated heterocycles. The first-order valence-electron chi connectivity index (χ1n) is 5.93. The van der Waals surface area contributed by atoms with Crippen LogP contribution in [-0.2, 0) is 0 Å². The first kappa shape index (κ1) is 13.7. The largest absolute Gasteiger partial charge is 0.472 e. The molecule has 1 atom stereocenters. The highest BCUT2D eigenvalue weighted by Crippen LogP contribution is 2.26. The summed E-state index contributed by atoms with van der Waals surface area (Å²) in [5.41, 5.74) is 1.21. The van der Waals surface area contributed by atoms with Crippen LogP contribution in [0.3, 0.4) is 0 Å². The first-order chi connectivity index (χ1) is 8.79. The predicted octanol–water partition coefficient (Wildman–Crippen LogP) is 4.49. The van der Waals surface area contributed by atoms with Gasteiger partial charge in [-0.3, -0.25) is 0 Å². The Kier molecular flexibility index (Phi) is 5.35. The van der Waals surface area contributed by atoms with Crippen molar-refractivity contribution in [1.82, 2.24) is 5.32 Å². The minimum absolute atomic E-state index is 0.336. The highest BCUT2D eigenvalue weighted by Gasteiger charge is 2.11. The summed E-state index contributed by atoms with van der Waals surface area (Å²) in [7, 11) is 0. The number of hydrogen-bond donors (Lipinski definition) is 1. The van der Waals surface area contributed by atoms with Crippen molar-refractivity contribution >= 4 is 27.7 Å². The van der Waals surface area contributed by atoms with E-state index < -0.39 is 0 Å². The average Bonchev–Trinajstić information content (AvgIpc) is 2.90. The Hall–Kier alpha value is -0.710. The lowest BCUT2D eigenvalue weighted by molar-refractivity contribution is 0.548. The Morgan fingerprint density at radius 2 is 2.06 bits per heavy atom. The van der Waals surface area contributed by atoms with Crippen molar-refractivity contribution in [2.75, 3.05) is 12.3 Å². The third-order valence-electron chi connectivity index (χ3n) is 2.63. The Labute approximate surface area is 120 Å². The molecule has 18 heavy (non-hydrogen) atoms. The summed E-state index contributed by atoms with van der Waals surface area (Å²) in [6.07, 6.45) is 3.54. The number of rotatable bonds is 6. The van der Waals surface area contributed by atoms with Gasteiger partial charge in [0.2, 0.25) is 0 Å². The van der Waals surface area contributed by atoms with E-state index in [-0.39, 0.29) is 0 Å². The second-order valence-corrected chi connectivity index (χ2v) is 5.94. The Morgan fingerprint density at radius 1 is 1.28 bits per heavy atom. The van der Waals surface area contributed by atoms with Gasteiger partial charge >= 0.3 is 0 Å². The molecule has 2 aromatic rings. The number of nitrogens with one attached hydrogen (secondary N) is 1. The summed E-state index contributed by atoms with van der Waals surface area (Å²) in [5, 5.41) is 3.48. The molecule has 0 spiro atoms. The highest BCUT2D eigenvalue weighted by atomic mass is 79.9. The maximum atomic E-state index is 5.15. The molecular formula is C14H16BrNOS. The summed E-state index contributed by atoms with van der Waals surface area (Å²) in [6.45, 7) is 3.08. The Balaban J connectivity index is 1.95. The van der Waals surface area contributed by atoms with Crippen LogP contribution in [-0.4, -0.2) is 12.3 Å². The Morgan fingerprint density at radius 3 is 2.67 bits per heavy atom. The minimum atomic E-state index is 0.336. The minimum Gasteiger partial charge on any atom is -0.472 e. The van der Waals surface area contributed by atoms with E-state index in [1.807, 2.05) is 24.1 Å². The molecule has 2 rings (SSSR count). The van der Waals surface area contributed by atoms with Gasteiger partial charge in [0, 0.05) is 26.7 Å². The summed E-state index contributed by atoms with van der Waals surface area (Å²) >= 11 is 5.30. The zero-order chi connectivity index (χ0) is 12.8. The molecule has 1 aromatic heterocycles. The van der Waals surface area contributed by atoms with Gasteiger partial charge in [-0.15, -0.1) is 11.8 Å². The third kappa shape index (κ3) is 3.90. The molecule has 0 fully saturated rings. The van der Waals surface area contributed by atoms with Gasteiger partial charge in [0.05, 0.1) is 12.5 Å². The maximum Gasteiger partial charge on any atom is 0.0950 e.